The standard InChI is InChI=1S/C13H20O4.C4H10/c1-8(17-9(2)14)7-16-13(15)12-6-10-3-4-11(12)5-10;1-4(2)3/h8,10-12H,3-7H2,1-2H3;4H,1-3H3. The van der Waals surface area contributed by atoms with Crippen LogP contribution in [0.4, 0.5) is 0 Å². The lowest BCUT2D eigenvalue weighted by Gasteiger charge is -2.21. The van der Waals surface area contributed by atoms with Gasteiger partial charge in [0.25, 0.3) is 0 Å². The molecule has 2 saturated carbocycles. The molecule has 0 aliphatic heterocycles. The van der Waals surface area contributed by atoms with Crippen LogP contribution in [-0.4, -0.2) is 24.6 Å². The molecule has 21 heavy (non-hydrogen) atoms. The average molecular weight is 298 g/mol. The second kappa shape index (κ2) is 8.40. The van der Waals surface area contributed by atoms with Crippen LogP contribution in [0.15, 0.2) is 0 Å². The van der Waals surface area contributed by atoms with Gasteiger partial charge in [-0.3, -0.25) is 9.59 Å². The van der Waals surface area contributed by atoms with E-state index in [4.69, 9.17) is 9.47 Å². The predicted molar refractivity (Wildman–Crippen MR) is 81.6 cm³/mol. The molecular weight excluding hydrogens is 268 g/mol. The lowest BCUT2D eigenvalue weighted by atomic mass is 9.89. The molecule has 0 aromatic heterocycles. The molecular formula is C17H30O4. The van der Waals surface area contributed by atoms with Gasteiger partial charge in [0.2, 0.25) is 0 Å². The van der Waals surface area contributed by atoms with Gasteiger partial charge in [0.1, 0.15) is 12.7 Å². The Morgan fingerprint density at radius 1 is 1.10 bits per heavy atom. The van der Waals surface area contributed by atoms with Crippen molar-refractivity contribution in [2.24, 2.45) is 23.7 Å². The minimum Gasteiger partial charge on any atom is -0.462 e. The van der Waals surface area contributed by atoms with Crippen molar-refractivity contribution in [1.29, 1.82) is 0 Å². The topological polar surface area (TPSA) is 52.6 Å². The van der Waals surface area contributed by atoms with E-state index in [-0.39, 0.29) is 30.6 Å². The van der Waals surface area contributed by atoms with Gasteiger partial charge in [-0.1, -0.05) is 27.2 Å². The first-order valence-corrected chi connectivity index (χ1v) is 8.13. The van der Waals surface area contributed by atoms with E-state index in [1.54, 1.807) is 6.92 Å². The summed E-state index contributed by atoms with van der Waals surface area (Å²) in [5, 5.41) is 0. The fourth-order valence-electron chi connectivity index (χ4n) is 3.16. The van der Waals surface area contributed by atoms with Gasteiger partial charge in [0.05, 0.1) is 5.92 Å². The molecule has 0 radical (unpaired) electrons. The van der Waals surface area contributed by atoms with Crippen molar-refractivity contribution in [3.8, 4) is 0 Å². The van der Waals surface area contributed by atoms with Crippen LogP contribution in [-0.2, 0) is 19.1 Å². The Kier molecular flexibility index (Phi) is 7.20. The molecule has 2 aliphatic carbocycles. The molecule has 2 rings (SSSR count). The van der Waals surface area contributed by atoms with Gasteiger partial charge in [-0.15, -0.1) is 0 Å². The molecule has 0 aromatic carbocycles. The maximum atomic E-state index is 11.9. The van der Waals surface area contributed by atoms with Gasteiger partial charge in [-0.05, 0) is 43.9 Å². The van der Waals surface area contributed by atoms with Gasteiger partial charge in [0, 0.05) is 6.92 Å². The maximum absolute atomic E-state index is 11.9. The van der Waals surface area contributed by atoms with Crippen molar-refractivity contribution in [2.45, 2.75) is 66.4 Å². The van der Waals surface area contributed by atoms with Gasteiger partial charge in [0.15, 0.2) is 0 Å². The van der Waals surface area contributed by atoms with Crippen LogP contribution in [0.2, 0.25) is 0 Å². The van der Waals surface area contributed by atoms with Crippen LogP contribution in [0.5, 0.6) is 0 Å². The lowest BCUT2D eigenvalue weighted by Crippen LogP contribution is -2.27. The Labute approximate surface area is 128 Å². The molecule has 0 aromatic rings. The van der Waals surface area contributed by atoms with Crippen LogP contribution in [0.25, 0.3) is 0 Å². The van der Waals surface area contributed by atoms with Crippen LogP contribution in [0, 0.1) is 23.7 Å². The number of rotatable bonds is 4. The Morgan fingerprint density at radius 3 is 2.14 bits per heavy atom. The smallest absolute Gasteiger partial charge is 0.309 e. The summed E-state index contributed by atoms with van der Waals surface area (Å²) in [6.45, 7) is 9.76. The number of carbonyl (C=O) groups excluding carboxylic acids is 2. The molecule has 0 N–H and O–H groups in total. The summed E-state index contributed by atoms with van der Waals surface area (Å²) in [5.41, 5.74) is 0. The summed E-state index contributed by atoms with van der Waals surface area (Å²) < 4.78 is 10.1. The number of carbonyl (C=O) groups is 2. The number of fused-ring (bicyclic) bond motifs is 2. The van der Waals surface area contributed by atoms with Crippen LogP contribution < -0.4 is 0 Å². The zero-order valence-electron chi connectivity index (χ0n) is 14.1. The summed E-state index contributed by atoms with van der Waals surface area (Å²) in [5.74, 6) is 1.77. The van der Waals surface area contributed by atoms with E-state index in [1.807, 2.05) is 0 Å². The second-order valence-electron chi connectivity index (χ2n) is 7.06. The van der Waals surface area contributed by atoms with Crippen molar-refractivity contribution < 1.29 is 19.1 Å². The molecule has 0 spiro atoms. The van der Waals surface area contributed by atoms with Crippen molar-refractivity contribution in [1.82, 2.24) is 0 Å². The third-order valence-electron chi connectivity index (χ3n) is 3.87. The molecule has 2 aliphatic rings. The fourth-order valence-corrected chi connectivity index (χ4v) is 3.16. The summed E-state index contributed by atoms with van der Waals surface area (Å²) in [7, 11) is 0. The zero-order chi connectivity index (χ0) is 16.0. The van der Waals surface area contributed by atoms with Crippen LogP contribution in [0.1, 0.15) is 60.3 Å². The molecule has 0 heterocycles. The molecule has 4 unspecified atom stereocenters. The highest BCUT2D eigenvalue weighted by atomic mass is 16.6. The number of ether oxygens (including phenoxy) is 2. The van der Waals surface area contributed by atoms with Crippen molar-refractivity contribution >= 4 is 11.9 Å². The third kappa shape index (κ3) is 6.49. The first kappa shape index (κ1) is 18.0. The largest absolute Gasteiger partial charge is 0.462 e. The monoisotopic (exact) mass is 298 g/mol. The molecule has 122 valence electrons. The number of esters is 2. The Balaban J connectivity index is 0.000000491. The van der Waals surface area contributed by atoms with E-state index in [0.29, 0.717) is 5.92 Å². The van der Waals surface area contributed by atoms with E-state index in [2.05, 4.69) is 20.8 Å². The van der Waals surface area contributed by atoms with E-state index in [9.17, 15) is 9.59 Å². The Hall–Kier alpha value is -1.06. The quantitative estimate of drug-likeness (QED) is 0.744. The fraction of sp³-hybridized carbons (Fsp3) is 0.882. The highest BCUT2D eigenvalue weighted by Crippen LogP contribution is 2.48. The summed E-state index contributed by atoms with van der Waals surface area (Å²) in [6.07, 6.45) is 4.28. The molecule has 4 atom stereocenters. The predicted octanol–water partition coefficient (Wildman–Crippen LogP) is 3.58. The zero-order valence-corrected chi connectivity index (χ0v) is 14.1. The van der Waals surface area contributed by atoms with Crippen LogP contribution >= 0.6 is 0 Å². The summed E-state index contributed by atoms with van der Waals surface area (Å²) >= 11 is 0. The van der Waals surface area contributed by atoms with E-state index < -0.39 is 0 Å². The van der Waals surface area contributed by atoms with E-state index in [1.165, 1.54) is 26.2 Å². The molecule has 0 saturated heterocycles. The summed E-state index contributed by atoms with van der Waals surface area (Å²) in [4.78, 5) is 22.6. The van der Waals surface area contributed by atoms with Gasteiger partial charge >= 0.3 is 11.9 Å². The normalized spacial score (nSPS) is 27.8. The summed E-state index contributed by atoms with van der Waals surface area (Å²) in [6, 6.07) is 0. The second-order valence-corrected chi connectivity index (χ2v) is 7.06. The van der Waals surface area contributed by atoms with Crippen LogP contribution in [0.3, 0.4) is 0 Å². The first-order valence-electron chi connectivity index (χ1n) is 8.13. The molecule has 4 heteroatoms. The average Bonchev–Trinajstić information content (AvgIpc) is 2.96. The SMILES string of the molecule is CC(=O)OC(C)COC(=O)C1CC2CCC1C2.CC(C)C. The van der Waals surface area contributed by atoms with Crippen molar-refractivity contribution in [3.05, 3.63) is 0 Å². The highest BCUT2D eigenvalue weighted by Gasteiger charge is 2.43. The first-order chi connectivity index (χ1) is 9.79. The van der Waals surface area contributed by atoms with E-state index >= 15 is 0 Å². The van der Waals surface area contributed by atoms with E-state index in [0.717, 1.165) is 18.3 Å². The highest BCUT2D eigenvalue weighted by molar-refractivity contribution is 5.73. The molecule has 2 bridgehead atoms. The van der Waals surface area contributed by atoms with Crippen molar-refractivity contribution in [2.75, 3.05) is 6.61 Å². The van der Waals surface area contributed by atoms with Gasteiger partial charge < -0.3 is 9.47 Å². The lowest BCUT2D eigenvalue weighted by molar-refractivity contribution is -0.160. The number of hydrogen-bond donors (Lipinski definition) is 0. The maximum Gasteiger partial charge on any atom is 0.309 e. The minimum absolute atomic E-state index is 0.0956. The third-order valence-corrected chi connectivity index (χ3v) is 3.87. The Morgan fingerprint density at radius 2 is 1.71 bits per heavy atom. The molecule has 0 amide bonds. The van der Waals surface area contributed by atoms with Gasteiger partial charge in [-0.2, -0.15) is 0 Å². The minimum atomic E-state index is -0.352. The molecule has 4 nitrogen and oxygen atoms in total. The molecule has 2 fully saturated rings. The Bertz CT molecular complexity index is 348. The number of hydrogen-bond acceptors (Lipinski definition) is 4. The van der Waals surface area contributed by atoms with Crippen molar-refractivity contribution in [3.63, 3.8) is 0 Å². The van der Waals surface area contributed by atoms with Gasteiger partial charge in [-0.25, -0.2) is 0 Å².